The SMILES string of the molecule is CC1SCCC1NC1CC(C)(C)NC(C)(C)C1. The van der Waals surface area contributed by atoms with Gasteiger partial charge in [0.1, 0.15) is 0 Å². The van der Waals surface area contributed by atoms with Crippen LogP contribution >= 0.6 is 11.8 Å². The Morgan fingerprint density at radius 2 is 1.71 bits per heavy atom. The highest BCUT2D eigenvalue weighted by molar-refractivity contribution is 8.00. The van der Waals surface area contributed by atoms with Crippen molar-refractivity contribution in [3.63, 3.8) is 0 Å². The Hall–Kier alpha value is 0.270. The van der Waals surface area contributed by atoms with Gasteiger partial charge in [0.2, 0.25) is 0 Å². The van der Waals surface area contributed by atoms with Crippen LogP contribution in [-0.2, 0) is 0 Å². The fraction of sp³-hybridized carbons (Fsp3) is 1.00. The Bertz CT molecular complexity index is 259. The fourth-order valence-corrected chi connectivity index (χ4v) is 4.90. The van der Waals surface area contributed by atoms with Gasteiger partial charge in [-0.25, -0.2) is 0 Å². The second kappa shape index (κ2) is 4.75. The molecule has 2 aliphatic rings. The zero-order chi connectivity index (χ0) is 12.7. The van der Waals surface area contributed by atoms with Crippen LogP contribution in [-0.4, -0.2) is 34.2 Å². The molecule has 0 radical (unpaired) electrons. The molecule has 17 heavy (non-hydrogen) atoms. The summed E-state index contributed by atoms with van der Waals surface area (Å²) in [6.45, 7) is 11.7. The van der Waals surface area contributed by atoms with Gasteiger partial charge in [-0.2, -0.15) is 11.8 Å². The first kappa shape index (κ1) is 13.7. The van der Waals surface area contributed by atoms with Gasteiger partial charge in [-0.15, -0.1) is 0 Å². The highest BCUT2D eigenvalue weighted by Gasteiger charge is 2.39. The lowest BCUT2D eigenvalue weighted by Gasteiger charge is -2.47. The monoisotopic (exact) mass is 256 g/mol. The predicted molar refractivity (Wildman–Crippen MR) is 77.8 cm³/mol. The summed E-state index contributed by atoms with van der Waals surface area (Å²) in [5.41, 5.74) is 0.517. The van der Waals surface area contributed by atoms with Gasteiger partial charge >= 0.3 is 0 Å². The third-order valence-corrected chi connectivity index (χ3v) is 5.34. The molecule has 100 valence electrons. The number of hydrogen-bond donors (Lipinski definition) is 2. The van der Waals surface area contributed by atoms with Gasteiger partial charge in [0.15, 0.2) is 0 Å². The second-order valence-corrected chi connectivity index (χ2v) is 8.62. The third-order valence-electron chi connectivity index (χ3n) is 4.02. The third kappa shape index (κ3) is 3.62. The van der Waals surface area contributed by atoms with Crippen LogP contribution in [0, 0.1) is 0 Å². The minimum atomic E-state index is 0.258. The fourth-order valence-electron chi connectivity index (χ4n) is 3.69. The second-order valence-electron chi connectivity index (χ2n) is 7.14. The molecule has 0 aromatic heterocycles. The molecule has 0 aromatic carbocycles. The van der Waals surface area contributed by atoms with E-state index >= 15 is 0 Å². The quantitative estimate of drug-likeness (QED) is 0.794. The lowest BCUT2D eigenvalue weighted by atomic mass is 9.79. The van der Waals surface area contributed by atoms with Gasteiger partial charge in [-0.3, -0.25) is 0 Å². The molecular weight excluding hydrogens is 228 g/mol. The number of thioether (sulfide) groups is 1. The summed E-state index contributed by atoms with van der Waals surface area (Å²) in [7, 11) is 0. The first-order valence-corrected chi connectivity index (χ1v) is 7.99. The van der Waals surface area contributed by atoms with E-state index in [-0.39, 0.29) is 11.1 Å². The lowest BCUT2D eigenvalue weighted by molar-refractivity contribution is 0.139. The van der Waals surface area contributed by atoms with E-state index in [1.165, 1.54) is 25.0 Å². The van der Waals surface area contributed by atoms with E-state index in [1.54, 1.807) is 0 Å². The van der Waals surface area contributed by atoms with Crippen LogP contribution in [0.5, 0.6) is 0 Å². The minimum Gasteiger partial charge on any atom is -0.310 e. The van der Waals surface area contributed by atoms with Gasteiger partial charge in [-0.1, -0.05) is 6.92 Å². The minimum absolute atomic E-state index is 0.258. The predicted octanol–water partition coefficient (Wildman–Crippen LogP) is 2.78. The summed E-state index contributed by atoms with van der Waals surface area (Å²) in [6, 6.07) is 1.40. The molecule has 0 amide bonds. The van der Waals surface area contributed by atoms with Crippen molar-refractivity contribution < 1.29 is 0 Å². The van der Waals surface area contributed by atoms with Gasteiger partial charge in [0.05, 0.1) is 0 Å². The van der Waals surface area contributed by atoms with E-state index in [0.29, 0.717) is 6.04 Å². The summed E-state index contributed by atoms with van der Waals surface area (Å²) >= 11 is 2.12. The molecule has 2 nitrogen and oxygen atoms in total. The summed E-state index contributed by atoms with van der Waals surface area (Å²) < 4.78 is 0. The molecule has 2 rings (SSSR count). The molecule has 0 aliphatic carbocycles. The van der Waals surface area contributed by atoms with Crippen molar-refractivity contribution in [1.29, 1.82) is 0 Å². The first-order chi connectivity index (χ1) is 7.77. The molecule has 0 aromatic rings. The topological polar surface area (TPSA) is 24.1 Å². The normalized spacial score (nSPS) is 37.2. The molecule has 0 spiro atoms. The van der Waals surface area contributed by atoms with Crippen LogP contribution in [0.3, 0.4) is 0 Å². The van der Waals surface area contributed by atoms with Crippen molar-refractivity contribution in [3.8, 4) is 0 Å². The molecule has 2 heterocycles. The van der Waals surface area contributed by atoms with E-state index < -0.39 is 0 Å². The van der Waals surface area contributed by atoms with E-state index in [9.17, 15) is 0 Å². The maximum Gasteiger partial charge on any atom is 0.0194 e. The maximum atomic E-state index is 3.92. The Labute approximate surface area is 111 Å². The van der Waals surface area contributed by atoms with Gasteiger partial charge in [0, 0.05) is 28.4 Å². The van der Waals surface area contributed by atoms with Crippen LogP contribution in [0.4, 0.5) is 0 Å². The highest BCUT2D eigenvalue weighted by atomic mass is 32.2. The standard InChI is InChI=1S/C14H28N2S/c1-10-12(6-7-17-10)15-11-8-13(2,3)16-14(4,5)9-11/h10-12,15-16H,6-9H2,1-5H3. The maximum absolute atomic E-state index is 3.92. The average molecular weight is 256 g/mol. The number of hydrogen-bond acceptors (Lipinski definition) is 3. The van der Waals surface area contributed by atoms with Crippen molar-refractivity contribution in [2.75, 3.05) is 5.75 Å². The van der Waals surface area contributed by atoms with Crippen molar-refractivity contribution in [1.82, 2.24) is 10.6 Å². The van der Waals surface area contributed by atoms with Crippen molar-refractivity contribution >= 4 is 11.8 Å². The zero-order valence-electron chi connectivity index (χ0n) is 12.0. The molecule has 2 saturated heterocycles. The Balaban J connectivity index is 1.96. The van der Waals surface area contributed by atoms with E-state index in [1.807, 2.05) is 0 Å². The van der Waals surface area contributed by atoms with Crippen LogP contribution in [0.25, 0.3) is 0 Å². The van der Waals surface area contributed by atoms with Crippen LogP contribution in [0.1, 0.15) is 53.9 Å². The lowest BCUT2D eigenvalue weighted by Crippen LogP contribution is -2.62. The summed E-state index contributed by atoms with van der Waals surface area (Å²) in [6.07, 6.45) is 3.82. The molecule has 2 N–H and O–H groups in total. The smallest absolute Gasteiger partial charge is 0.0194 e. The van der Waals surface area contributed by atoms with Gasteiger partial charge in [-0.05, 0) is 52.7 Å². The Kier molecular flexibility index (Phi) is 3.82. The highest BCUT2D eigenvalue weighted by Crippen LogP contribution is 2.32. The molecule has 2 unspecified atom stereocenters. The molecule has 0 saturated carbocycles. The summed E-state index contributed by atoms with van der Waals surface area (Å²) in [5, 5.41) is 8.46. The van der Waals surface area contributed by atoms with Crippen LogP contribution in [0.15, 0.2) is 0 Å². The van der Waals surface area contributed by atoms with Crippen LogP contribution < -0.4 is 10.6 Å². The van der Waals surface area contributed by atoms with Crippen molar-refractivity contribution in [2.45, 2.75) is 82.3 Å². The summed E-state index contributed by atoms with van der Waals surface area (Å²) in [4.78, 5) is 0. The van der Waals surface area contributed by atoms with E-state index in [4.69, 9.17) is 0 Å². The Morgan fingerprint density at radius 3 is 2.18 bits per heavy atom. The molecular formula is C14H28N2S. The van der Waals surface area contributed by atoms with Crippen molar-refractivity contribution in [2.24, 2.45) is 0 Å². The average Bonchev–Trinajstić information content (AvgIpc) is 2.45. The Morgan fingerprint density at radius 1 is 1.12 bits per heavy atom. The van der Waals surface area contributed by atoms with E-state index in [0.717, 1.165) is 11.3 Å². The number of nitrogens with one attached hydrogen (secondary N) is 2. The molecule has 0 bridgehead atoms. The van der Waals surface area contributed by atoms with E-state index in [2.05, 4.69) is 57.0 Å². The van der Waals surface area contributed by atoms with Crippen molar-refractivity contribution in [3.05, 3.63) is 0 Å². The number of piperidine rings is 1. The molecule has 2 atom stereocenters. The molecule has 2 aliphatic heterocycles. The van der Waals surface area contributed by atoms with Gasteiger partial charge < -0.3 is 10.6 Å². The molecule has 2 fully saturated rings. The van der Waals surface area contributed by atoms with Crippen LogP contribution in [0.2, 0.25) is 0 Å². The summed E-state index contributed by atoms with van der Waals surface area (Å²) in [5.74, 6) is 1.33. The zero-order valence-corrected chi connectivity index (χ0v) is 12.8. The largest absolute Gasteiger partial charge is 0.310 e. The molecule has 3 heteroatoms. The first-order valence-electron chi connectivity index (χ1n) is 6.94. The van der Waals surface area contributed by atoms with Gasteiger partial charge in [0.25, 0.3) is 0 Å². The number of rotatable bonds is 2.